The largest absolute Gasteiger partial charge is 0.493 e. The molecular weight excluding hydrogens is 420 g/mol. The van der Waals surface area contributed by atoms with Crippen molar-refractivity contribution >= 4 is 17.9 Å². The maximum Gasteiger partial charge on any atom is 0.270 e. The molecule has 0 aliphatic carbocycles. The van der Waals surface area contributed by atoms with Crippen LogP contribution < -0.4 is 19.5 Å². The van der Waals surface area contributed by atoms with Gasteiger partial charge in [0.1, 0.15) is 5.70 Å². The van der Waals surface area contributed by atoms with E-state index >= 15 is 0 Å². The van der Waals surface area contributed by atoms with Crippen LogP contribution in [0.3, 0.4) is 0 Å². The van der Waals surface area contributed by atoms with Gasteiger partial charge in [0.2, 0.25) is 5.75 Å². The molecule has 2 aromatic carbocycles. The molecule has 0 saturated carbocycles. The zero-order chi connectivity index (χ0) is 24.0. The van der Waals surface area contributed by atoms with Gasteiger partial charge in [-0.25, -0.2) is 0 Å². The number of hydrogen-bond acceptors (Lipinski definition) is 5. The van der Waals surface area contributed by atoms with Gasteiger partial charge in [-0.05, 0) is 56.0 Å². The average molecular weight is 453 g/mol. The van der Waals surface area contributed by atoms with Gasteiger partial charge in [-0.15, -0.1) is 0 Å². The highest BCUT2D eigenvalue weighted by Crippen LogP contribution is 2.40. The summed E-state index contributed by atoms with van der Waals surface area (Å²) in [6.07, 6.45) is 3.50. The second-order valence-corrected chi connectivity index (χ2v) is 8.28. The molecule has 2 amide bonds. The number of ether oxygens (including phenoxy) is 3. The Labute approximate surface area is 195 Å². The molecule has 0 spiro atoms. The molecule has 0 radical (unpaired) electrons. The maximum absolute atomic E-state index is 13.5. The number of methoxy groups -OCH3 is 3. The van der Waals surface area contributed by atoms with Gasteiger partial charge in [-0.2, -0.15) is 0 Å². The number of nitrogens with zero attached hydrogens (tertiary/aromatic N) is 1. The molecule has 176 valence electrons. The number of rotatable bonds is 7. The molecule has 1 aliphatic rings. The Bertz CT molecular complexity index is 1020. The van der Waals surface area contributed by atoms with Crippen LogP contribution in [-0.2, 0) is 4.79 Å². The summed E-state index contributed by atoms with van der Waals surface area (Å²) >= 11 is 0. The van der Waals surface area contributed by atoms with Crippen LogP contribution in [-0.4, -0.2) is 51.1 Å². The minimum absolute atomic E-state index is 0.181. The fraction of sp³-hybridized carbons (Fsp3) is 0.385. The summed E-state index contributed by atoms with van der Waals surface area (Å²) < 4.78 is 16.4. The lowest BCUT2D eigenvalue weighted by atomic mass is 9.99. The van der Waals surface area contributed by atoms with Crippen molar-refractivity contribution in [3.8, 4) is 17.2 Å². The van der Waals surface area contributed by atoms with E-state index in [0.717, 1.165) is 18.4 Å². The fourth-order valence-electron chi connectivity index (χ4n) is 3.83. The van der Waals surface area contributed by atoms with E-state index in [1.165, 1.54) is 14.2 Å². The van der Waals surface area contributed by atoms with E-state index in [-0.39, 0.29) is 17.5 Å². The minimum Gasteiger partial charge on any atom is -0.493 e. The van der Waals surface area contributed by atoms with Gasteiger partial charge in [0, 0.05) is 24.2 Å². The number of carbonyl (C=O) groups is 2. The highest BCUT2D eigenvalue weighted by atomic mass is 16.5. The van der Waals surface area contributed by atoms with E-state index in [9.17, 15) is 9.59 Å². The van der Waals surface area contributed by atoms with Gasteiger partial charge in [0.15, 0.2) is 11.5 Å². The number of benzene rings is 2. The third-order valence-corrected chi connectivity index (χ3v) is 5.90. The molecule has 7 nitrogen and oxygen atoms in total. The van der Waals surface area contributed by atoms with Crippen molar-refractivity contribution < 1.29 is 23.8 Å². The van der Waals surface area contributed by atoms with E-state index < -0.39 is 0 Å². The number of nitrogens with one attached hydrogen (secondary N) is 1. The summed E-state index contributed by atoms with van der Waals surface area (Å²) in [7, 11) is 4.59. The van der Waals surface area contributed by atoms with Crippen LogP contribution in [0.2, 0.25) is 0 Å². The van der Waals surface area contributed by atoms with Gasteiger partial charge < -0.3 is 24.4 Å². The number of carbonyl (C=O) groups excluding carboxylic acids is 2. The van der Waals surface area contributed by atoms with E-state index in [1.807, 2.05) is 19.1 Å². The Balaban J connectivity index is 2.01. The molecule has 33 heavy (non-hydrogen) atoms. The second-order valence-electron chi connectivity index (χ2n) is 8.28. The van der Waals surface area contributed by atoms with E-state index in [0.29, 0.717) is 47.4 Å². The molecule has 0 atom stereocenters. The molecule has 3 rings (SSSR count). The van der Waals surface area contributed by atoms with E-state index in [2.05, 4.69) is 12.2 Å². The van der Waals surface area contributed by atoms with Crippen molar-refractivity contribution in [3.63, 3.8) is 0 Å². The van der Waals surface area contributed by atoms with Gasteiger partial charge in [-0.3, -0.25) is 9.59 Å². The normalized spacial score (nSPS) is 14.6. The number of aryl methyl sites for hydroxylation is 1. The molecule has 1 aliphatic heterocycles. The minimum atomic E-state index is -0.348. The van der Waals surface area contributed by atoms with E-state index in [1.54, 1.807) is 42.4 Å². The summed E-state index contributed by atoms with van der Waals surface area (Å²) in [5, 5.41) is 2.83. The standard InChI is InChI=1S/C26H32N2O5/c1-17-6-8-19(9-7-17)25(29)27-21(26(30)28-14-12-18(2)13-15-28)16-20-10-11-22(31-3)24(33-5)23(20)32-4/h6-11,16,18H,12-15H2,1-5H3,(H,27,29). The molecule has 0 aromatic heterocycles. The van der Waals surface area contributed by atoms with Crippen molar-refractivity contribution in [1.82, 2.24) is 10.2 Å². The van der Waals surface area contributed by atoms with Crippen molar-refractivity contribution in [3.05, 3.63) is 58.8 Å². The van der Waals surface area contributed by atoms with Crippen LogP contribution in [0.15, 0.2) is 42.1 Å². The molecule has 2 aromatic rings. The molecule has 1 fully saturated rings. The average Bonchev–Trinajstić information content (AvgIpc) is 2.83. The lowest BCUT2D eigenvalue weighted by Crippen LogP contribution is -2.42. The number of likely N-dealkylation sites (tertiary alicyclic amines) is 1. The zero-order valence-corrected chi connectivity index (χ0v) is 19.9. The lowest BCUT2D eigenvalue weighted by Gasteiger charge is -2.31. The first-order valence-electron chi connectivity index (χ1n) is 11.1. The van der Waals surface area contributed by atoms with Crippen LogP contribution in [0.25, 0.3) is 6.08 Å². The smallest absolute Gasteiger partial charge is 0.270 e. The van der Waals surface area contributed by atoms with Crippen LogP contribution >= 0.6 is 0 Å². The Morgan fingerprint density at radius 1 is 0.939 bits per heavy atom. The van der Waals surface area contributed by atoms with Crippen molar-refractivity contribution in [2.45, 2.75) is 26.7 Å². The summed E-state index contributed by atoms with van der Waals surface area (Å²) in [5.74, 6) is 1.34. The summed E-state index contributed by atoms with van der Waals surface area (Å²) in [4.78, 5) is 28.2. The Kier molecular flexibility index (Phi) is 7.98. The summed E-state index contributed by atoms with van der Waals surface area (Å²) in [6.45, 7) is 5.45. The Hall–Kier alpha value is -3.48. The summed E-state index contributed by atoms with van der Waals surface area (Å²) in [5.41, 5.74) is 2.30. The first-order chi connectivity index (χ1) is 15.9. The highest BCUT2D eigenvalue weighted by molar-refractivity contribution is 6.05. The topological polar surface area (TPSA) is 77.1 Å². The number of amides is 2. The molecule has 1 saturated heterocycles. The maximum atomic E-state index is 13.5. The van der Waals surface area contributed by atoms with Gasteiger partial charge in [0.25, 0.3) is 11.8 Å². The fourth-order valence-corrected chi connectivity index (χ4v) is 3.83. The van der Waals surface area contributed by atoms with E-state index in [4.69, 9.17) is 14.2 Å². The third-order valence-electron chi connectivity index (χ3n) is 5.90. The number of piperidine rings is 1. The monoisotopic (exact) mass is 452 g/mol. The van der Waals surface area contributed by atoms with Gasteiger partial charge in [0.05, 0.1) is 21.3 Å². The number of hydrogen-bond donors (Lipinski definition) is 1. The molecule has 1 N–H and O–H groups in total. The molecule has 0 unspecified atom stereocenters. The molecule has 0 bridgehead atoms. The van der Waals surface area contributed by atoms with Crippen molar-refractivity contribution in [1.29, 1.82) is 0 Å². The Morgan fingerprint density at radius 3 is 2.15 bits per heavy atom. The zero-order valence-electron chi connectivity index (χ0n) is 19.9. The predicted octanol–water partition coefficient (Wildman–Crippen LogP) is 4.05. The molecular formula is C26H32N2O5. The Morgan fingerprint density at radius 2 is 1.58 bits per heavy atom. The lowest BCUT2D eigenvalue weighted by molar-refractivity contribution is -0.128. The van der Waals surface area contributed by atoms with Crippen molar-refractivity contribution in [2.24, 2.45) is 5.92 Å². The van der Waals surface area contributed by atoms with Crippen LogP contribution in [0.5, 0.6) is 17.2 Å². The van der Waals surface area contributed by atoms with Gasteiger partial charge >= 0.3 is 0 Å². The highest BCUT2D eigenvalue weighted by Gasteiger charge is 2.25. The summed E-state index contributed by atoms with van der Waals surface area (Å²) in [6, 6.07) is 10.7. The second kappa shape index (κ2) is 10.9. The third kappa shape index (κ3) is 5.66. The first-order valence-corrected chi connectivity index (χ1v) is 11.1. The molecule has 1 heterocycles. The quantitative estimate of drug-likeness (QED) is 0.642. The SMILES string of the molecule is COc1ccc(C=C(NC(=O)c2ccc(C)cc2)C(=O)N2CCC(C)CC2)c(OC)c1OC. The van der Waals surface area contributed by atoms with Crippen LogP contribution in [0, 0.1) is 12.8 Å². The first kappa shape index (κ1) is 24.2. The van der Waals surface area contributed by atoms with Crippen LogP contribution in [0.4, 0.5) is 0 Å². The van der Waals surface area contributed by atoms with Gasteiger partial charge in [-0.1, -0.05) is 24.6 Å². The predicted molar refractivity (Wildman–Crippen MR) is 128 cm³/mol. The van der Waals surface area contributed by atoms with Crippen LogP contribution in [0.1, 0.15) is 41.3 Å². The molecule has 7 heteroatoms. The van der Waals surface area contributed by atoms with Crippen molar-refractivity contribution in [2.75, 3.05) is 34.4 Å².